The van der Waals surface area contributed by atoms with Gasteiger partial charge in [0.2, 0.25) is 12.3 Å². The summed E-state index contributed by atoms with van der Waals surface area (Å²) in [6.07, 6.45) is 0.684. The molecule has 5 rings (SSSR count). The fourth-order valence-electron chi connectivity index (χ4n) is 4.40. The fraction of sp³-hybridized carbons (Fsp3) is 0.192. The number of nitrogens with one attached hydrogen (secondary N) is 1. The molecule has 5 aromatic rings. The van der Waals surface area contributed by atoms with Crippen LogP contribution in [0.2, 0.25) is 10.2 Å². The standard InChI is InChI=1S/C26H21Cl2F2N7O3/c1-35-11-14-7-16(4-5-19(14)33-35)31-26(39)21(10-24(29)30)36-12-22(40-2)18(9-25(36)38)17-8-15(27)3-6-20(17)37-13-23(28)32-34-37/h3-9,11-13,21,24H,10H2,1-2H3,(H,31,39). The molecule has 1 atom stereocenters. The molecule has 10 nitrogen and oxygen atoms in total. The van der Waals surface area contributed by atoms with Crippen LogP contribution in [0.5, 0.6) is 5.75 Å². The average molecular weight is 588 g/mol. The van der Waals surface area contributed by atoms with Crippen LogP contribution in [0.15, 0.2) is 65.8 Å². The van der Waals surface area contributed by atoms with Crippen molar-refractivity contribution < 1.29 is 18.3 Å². The summed E-state index contributed by atoms with van der Waals surface area (Å²) in [4.78, 5) is 26.6. The lowest BCUT2D eigenvalue weighted by Crippen LogP contribution is -2.34. The number of halogens is 4. The Morgan fingerprint density at radius 1 is 1.07 bits per heavy atom. The number of hydrogen-bond acceptors (Lipinski definition) is 6. The highest BCUT2D eigenvalue weighted by atomic mass is 35.5. The lowest BCUT2D eigenvalue weighted by molar-refractivity contribution is -0.120. The molecule has 1 amide bonds. The second-order valence-corrected chi connectivity index (χ2v) is 9.68. The summed E-state index contributed by atoms with van der Waals surface area (Å²) in [5.41, 5.74) is 1.58. The van der Waals surface area contributed by atoms with Crippen molar-refractivity contribution in [2.45, 2.75) is 18.9 Å². The summed E-state index contributed by atoms with van der Waals surface area (Å²) in [7, 11) is 3.11. The number of aromatic nitrogens is 6. The lowest BCUT2D eigenvalue weighted by Gasteiger charge is -2.21. The minimum atomic E-state index is -2.87. The number of carbonyl (C=O) groups excluding carboxylic acids is 1. The average Bonchev–Trinajstić information content (AvgIpc) is 3.51. The smallest absolute Gasteiger partial charge is 0.252 e. The third-order valence-corrected chi connectivity index (χ3v) is 6.56. The molecule has 3 aromatic heterocycles. The van der Waals surface area contributed by atoms with Gasteiger partial charge in [0.25, 0.3) is 5.56 Å². The van der Waals surface area contributed by atoms with Gasteiger partial charge in [0.05, 0.1) is 30.7 Å². The van der Waals surface area contributed by atoms with Crippen molar-refractivity contribution in [2.24, 2.45) is 7.05 Å². The van der Waals surface area contributed by atoms with Crippen LogP contribution in [0.25, 0.3) is 27.7 Å². The van der Waals surface area contributed by atoms with Gasteiger partial charge < -0.3 is 10.1 Å². The normalized spacial score (nSPS) is 12.2. The topological polar surface area (TPSA) is 109 Å². The van der Waals surface area contributed by atoms with Crippen LogP contribution in [-0.4, -0.2) is 48.8 Å². The summed E-state index contributed by atoms with van der Waals surface area (Å²) in [5, 5.41) is 15.9. The summed E-state index contributed by atoms with van der Waals surface area (Å²) >= 11 is 12.2. The molecule has 0 aliphatic rings. The zero-order valence-electron chi connectivity index (χ0n) is 21.1. The number of pyridine rings is 1. The quantitative estimate of drug-likeness (QED) is 0.269. The van der Waals surface area contributed by atoms with Crippen LogP contribution in [-0.2, 0) is 11.8 Å². The van der Waals surface area contributed by atoms with E-state index >= 15 is 0 Å². The molecule has 2 aromatic carbocycles. The molecule has 0 aliphatic heterocycles. The number of amides is 1. The number of rotatable bonds is 8. The van der Waals surface area contributed by atoms with Crippen molar-refractivity contribution in [3.8, 4) is 22.6 Å². The molecule has 0 bridgehead atoms. The lowest BCUT2D eigenvalue weighted by atomic mass is 10.0. The minimum absolute atomic E-state index is 0.137. The third-order valence-electron chi connectivity index (χ3n) is 6.15. The molecule has 0 aliphatic carbocycles. The number of alkyl halides is 2. The number of methoxy groups -OCH3 is 1. The highest BCUT2D eigenvalue weighted by Gasteiger charge is 2.28. The van der Waals surface area contributed by atoms with E-state index in [9.17, 15) is 18.4 Å². The highest BCUT2D eigenvalue weighted by molar-refractivity contribution is 6.31. The number of fused-ring (bicyclic) bond motifs is 1. The van der Waals surface area contributed by atoms with Crippen LogP contribution in [0.3, 0.4) is 0 Å². The predicted octanol–water partition coefficient (Wildman–Crippen LogP) is 5.13. The molecule has 40 heavy (non-hydrogen) atoms. The second kappa shape index (κ2) is 11.1. The van der Waals surface area contributed by atoms with Crippen LogP contribution < -0.4 is 15.6 Å². The SMILES string of the molecule is COc1cn(C(CC(F)F)C(=O)Nc2ccc3nn(C)cc3c2)c(=O)cc1-c1cc(Cl)ccc1-n1cc(Cl)nn1. The van der Waals surface area contributed by atoms with Gasteiger partial charge in [-0.25, -0.2) is 13.5 Å². The summed E-state index contributed by atoms with van der Waals surface area (Å²) in [6, 6.07) is 9.50. The molecule has 1 unspecified atom stereocenters. The molecule has 0 saturated carbocycles. The van der Waals surface area contributed by atoms with E-state index in [1.165, 1.54) is 30.3 Å². The Bertz CT molecular complexity index is 1780. The monoisotopic (exact) mass is 587 g/mol. The maximum Gasteiger partial charge on any atom is 0.252 e. The summed E-state index contributed by atoms with van der Waals surface area (Å²) in [5.74, 6) is -0.653. The van der Waals surface area contributed by atoms with Crippen molar-refractivity contribution in [2.75, 3.05) is 12.4 Å². The first kappa shape index (κ1) is 27.3. The zero-order chi connectivity index (χ0) is 28.6. The van der Waals surface area contributed by atoms with Crippen molar-refractivity contribution in [3.05, 3.63) is 81.6 Å². The van der Waals surface area contributed by atoms with Gasteiger partial charge in [0, 0.05) is 53.0 Å². The van der Waals surface area contributed by atoms with Gasteiger partial charge in [-0.3, -0.25) is 18.8 Å². The molecule has 0 radical (unpaired) electrons. The van der Waals surface area contributed by atoms with Crippen LogP contribution in [0.1, 0.15) is 12.5 Å². The first-order valence-corrected chi connectivity index (χ1v) is 12.6. The maximum atomic E-state index is 13.6. The van der Waals surface area contributed by atoms with Gasteiger partial charge in [0.15, 0.2) is 5.15 Å². The van der Waals surface area contributed by atoms with Crippen LogP contribution >= 0.6 is 23.2 Å². The first-order valence-electron chi connectivity index (χ1n) is 11.8. The summed E-state index contributed by atoms with van der Waals surface area (Å²) in [6.45, 7) is 0. The Morgan fingerprint density at radius 2 is 1.88 bits per heavy atom. The van der Waals surface area contributed by atoms with Gasteiger partial charge in [0.1, 0.15) is 11.8 Å². The number of anilines is 1. The molecule has 1 N–H and O–H groups in total. The highest BCUT2D eigenvalue weighted by Crippen LogP contribution is 2.36. The van der Waals surface area contributed by atoms with Gasteiger partial charge in [-0.05, 0) is 36.4 Å². The fourth-order valence-corrected chi connectivity index (χ4v) is 4.70. The molecule has 206 valence electrons. The van der Waals surface area contributed by atoms with Gasteiger partial charge in [-0.15, -0.1) is 5.10 Å². The van der Waals surface area contributed by atoms with E-state index in [4.69, 9.17) is 27.9 Å². The van der Waals surface area contributed by atoms with E-state index in [0.717, 1.165) is 9.95 Å². The Balaban J connectivity index is 1.55. The number of aryl methyl sites for hydroxylation is 1. The first-order chi connectivity index (χ1) is 19.1. The van der Waals surface area contributed by atoms with E-state index in [1.807, 2.05) is 0 Å². The van der Waals surface area contributed by atoms with Crippen LogP contribution in [0, 0.1) is 0 Å². The second-order valence-electron chi connectivity index (χ2n) is 8.86. The van der Waals surface area contributed by atoms with E-state index in [0.29, 0.717) is 33.0 Å². The van der Waals surface area contributed by atoms with Gasteiger partial charge >= 0.3 is 0 Å². The van der Waals surface area contributed by atoms with E-state index < -0.39 is 30.4 Å². The van der Waals surface area contributed by atoms with Crippen molar-refractivity contribution in [1.29, 1.82) is 0 Å². The van der Waals surface area contributed by atoms with Gasteiger partial charge in [-0.1, -0.05) is 28.4 Å². The molecule has 0 spiro atoms. The molecule has 3 heterocycles. The van der Waals surface area contributed by atoms with E-state index in [2.05, 4.69) is 20.7 Å². The van der Waals surface area contributed by atoms with Crippen LogP contribution in [0.4, 0.5) is 14.5 Å². The zero-order valence-corrected chi connectivity index (χ0v) is 22.6. The Kier molecular flexibility index (Phi) is 7.55. The molecular formula is C26H21Cl2F2N7O3. The van der Waals surface area contributed by atoms with E-state index in [-0.39, 0.29) is 10.9 Å². The van der Waals surface area contributed by atoms with Gasteiger partial charge in [-0.2, -0.15) is 5.10 Å². The number of carbonyl (C=O) groups is 1. The number of benzene rings is 2. The molecule has 0 saturated heterocycles. The molecule has 14 heteroatoms. The number of nitrogens with zero attached hydrogens (tertiary/aromatic N) is 6. The Labute approximate surface area is 235 Å². The van der Waals surface area contributed by atoms with Crippen molar-refractivity contribution in [3.63, 3.8) is 0 Å². The number of hydrogen-bond donors (Lipinski definition) is 1. The third kappa shape index (κ3) is 5.54. The van der Waals surface area contributed by atoms with E-state index in [1.54, 1.807) is 54.3 Å². The van der Waals surface area contributed by atoms with Crippen molar-refractivity contribution in [1.82, 2.24) is 29.3 Å². The molecule has 0 fully saturated rings. The maximum absolute atomic E-state index is 13.6. The molecular weight excluding hydrogens is 567 g/mol. The minimum Gasteiger partial charge on any atom is -0.495 e. The van der Waals surface area contributed by atoms with Crippen molar-refractivity contribution >= 4 is 45.7 Å². The number of ether oxygens (including phenoxy) is 1. The largest absolute Gasteiger partial charge is 0.495 e. The summed E-state index contributed by atoms with van der Waals surface area (Å²) < 4.78 is 36.8. The predicted molar refractivity (Wildman–Crippen MR) is 147 cm³/mol. The Hall–Kier alpha value is -4.29. The Morgan fingerprint density at radius 3 is 2.58 bits per heavy atom.